The van der Waals surface area contributed by atoms with Crippen molar-refractivity contribution in [2.75, 3.05) is 6.54 Å². The second kappa shape index (κ2) is 7.02. The molecule has 2 amide bonds. The van der Waals surface area contributed by atoms with E-state index in [4.69, 9.17) is 4.74 Å². The molecule has 0 aliphatic carbocycles. The first-order chi connectivity index (χ1) is 10.8. The van der Waals surface area contributed by atoms with Gasteiger partial charge in [0.15, 0.2) is 0 Å². The van der Waals surface area contributed by atoms with Gasteiger partial charge in [-0.15, -0.1) is 0 Å². The van der Waals surface area contributed by atoms with Crippen molar-refractivity contribution in [2.45, 2.75) is 58.2 Å². The maximum Gasteiger partial charge on any atom is 0.410 e. The summed E-state index contributed by atoms with van der Waals surface area (Å²) in [7, 11) is 0. The van der Waals surface area contributed by atoms with E-state index in [1.165, 1.54) is 4.90 Å². The first-order valence-corrected chi connectivity index (χ1v) is 8.13. The lowest BCUT2D eigenvalue weighted by atomic mass is 10.1. The Balaban J connectivity index is 1.99. The van der Waals surface area contributed by atoms with Crippen LogP contribution in [0.3, 0.4) is 0 Å². The predicted octanol–water partition coefficient (Wildman–Crippen LogP) is 3.26. The van der Waals surface area contributed by atoms with Crippen LogP contribution in [-0.2, 0) is 9.53 Å². The average Bonchev–Trinajstić information content (AvgIpc) is 2.96. The zero-order valence-corrected chi connectivity index (χ0v) is 14.3. The van der Waals surface area contributed by atoms with Crippen LogP contribution in [0, 0.1) is 0 Å². The Labute approximate surface area is 138 Å². The standard InChI is InChI=1S/C18H26N2O3/c1-13(14-9-6-5-7-10-14)19-16(21)15-11-8-12-20(15)17(22)23-18(2,3)4/h5-7,9-10,13,15H,8,11-12H2,1-4H3,(H,19,21)/t13-,15+/m0/s1. The summed E-state index contributed by atoms with van der Waals surface area (Å²) in [5.41, 5.74) is 0.487. The number of likely N-dealkylation sites (tertiary alicyclic amines) is 1. The molecule has 1 aliphatic heterocycles. The molecule has 1 N–H and O–H groups in total. The monoisotopic (exact) mass is 318 g/mol. The van der Waals surface area contributed by atoms with Crippen LogP contribution in [0.2, 0.25) is 0 Å². The van der Waals surface area contributed by atoms with E-state index in [1.807, 2.05) is 58.0 Å². The number of amides is 2. The Hall–Kier alpha value is -2.04. The molecule has 0 saturated carbocycles. The molecule has 126 valence electrons. The molecule has 0 bridgehead atoms. The second-order valence-corrected chi connectivity index (χ2v) is 6.97. The smallest absolute Gasteiger partial charge is 0.410 e. The Kier molecular flexibility index (Phi) is 5.29. The molecule has 1 aliphatic rings. The highest BCUT2D eigenvalue weighted by Gasteiger charge is 2.36. The molecule has 2 rings (SSSR count). The van der Waals surface area contributed by atoms with Gasteiger partial charge in [-0.3, -0.25) is 9.69 Å². The molecule has 0 spiro atoms. The molecular weight excluding hydrogens is 292 g/mol. The fourth-order valence-electron chi connectivity index (χ4n) is 2.71. The minimum absolute atomic E-state index is 0.0928. The van der Waals surface area contributed by atoms with Crippen molar-refractivity contribution in [3.05, 3.63) is 35.9 Å². The molecule has 1 heterocycles. The van der Waals surface area contributed by atoms with E-state index in [2.05, 4.69) is 5.32 Å². The zero-order valence-electron chi connectivity index (χ0n) is 14.3. The van der Waals surface area contributed by atoms with E-state index in [0.29, 0.717) is 13.0 Å². The quantitative estimate of drug-likeness (QED) is 0.930. The largest absolute Gasteiger partial charge is 0.444 e. The normalized spacial score (nSPS) is 19.3. The molecular formula is C18H26N2O3. The van der Waals surface area contributed by atoms with Gasteiger partial charge in [0.05, 0.1) is 6.04 Å². The van der Waals surface area contributed by atoms with E-state index >= 15 is 0 Å². The van der Waals surface area contributed by atoms with Gasteiger partial charge in [-0.25, -0.2) is 4.79 Å². The molecule has 1 saturated heterocycles. The maximum atomic E-state index is 12.5. The Bertz CT molecular complexity index is 551. The summed E-state index contributed by atoms with van der Waals surface area (Å²) >= 11 is 0. The van der Waals surface area contributed by atoms with E-state index in [0.717, 1.165) is 12.0 Å². The topological polar surface area (TPSA) is 58.6 Å². The van der Waals surface area contributed by atoms with Crippen LogP contribution in [0.15, 0.2) is 30.3 Å². The summed E-state index contributed by atoms with van der Waals surface area (Å²) in [4.78, 5) is 26.3. The van der Waals surface area contributed by atoms with Crippen molar-refractivity contribution < 1.29 is 14.3 Å². The summed E-state index contributed by atoms with van der Waals surface area (Å²) in [5, 5.41) is 3.00. The van der Waals surface area contributed by atoms with Crippen molar-refractivity contribution in [3.8, 4) is 0 Å². The van der Waals surface area contributed by atoms with Gasteiger partial charge >= 0.3 is 6.09 Å². The third-order valence-corrected chi connectivity index (χ3v) is 3.84. The SMILES string of the molecule is C[C@H](NC(=O)[C@H]1CCCN1C(=O)OC(C)(C)C)c1ccccc1. The Morgan fingerprint density at radius 2 is 1.91 bits per heavy atom. The fourth-order valence-corrected chi connectivity index (χ4v) is 2.71. The molecule has 0 radical (unpaired) electrons. The van der Waals surface area contributed by atoms with Crippen molar-refractivity contribution >= 4 is 12.0 Å². The van der Waals surface area contributed by atoms with Crippen molar-refractivity contribution in [1.82, 2.24) is 10.2 Å². The number of nitrogens with zero attached hydrogens (tertiary/aromatic N) is 1. The minimum atomic E-state index is -0.558. The van der Waals surface area contributed by atoms with Gasteiger partial charge in [0.2, 0.25) is 5.91 Å². The fraction of sp³-hybridized carbons (Fsp3) is 0.556. The molecule has 2 atom stereocenters. The van der Waals surface area contributed by atoms with Crippen molar-refractivity contribution in [1.29, 1.82) is 0 Å². The van der Waals surface area contributed by atoms with Gasteiger partial charge in [-0.05, 0) is 46.1 Å². The Morgan fingerprint density at radius 3 is 2.52 bits per heavy atom. The first kappa shape index (κ1) is 17.3. The number of ether oxygens (including phenoxy) is 1. The van der Waals surface area contributed by atoms with Gasteiger partial charge in [0, 0.05) is 6.54 Å². The van der Waals surface area contributed by atoms with Gasteiger partial charge in [-0.1, -0.05) is 30.3 Å². The lowest BCUT2D eigenvalue weighted by Gasteiger charge is -2.28. The van der Waals surface area contributed by atoms with Crippen LogP contribution >= 0.6 is 0 Å². The van der Waals surface area contributed by atoms with Gasteiger partial charge in [0.1, 0.15) is 11.6 Å². The summed E-state index contributed by atoms with van der Waals surface area (Å²) in [6, 6.07) is 9.25. The number of benzene rings is 1. The molecule has 23 heavy (non-hydrogen) atoms. The average molecular weight is 318 g/mol. The van der Waals surface area contributed by atoms with Gasteiger partial charge in [0.25, 0.3) is 0 Å². The molecule has 1 fully saturated rings. The third-order valence-electron chi connectivity index (χ3n) is 3.84. The molecule has 0 aromatic heterocycles. The van der Waals surface area contributed by atoms with Gasteiger partial charge < -0.3 is 10.1 Å². The van der Waals surface area contributed by atoms with Gasteiger partial charge in [-0.2, -0.15) is 0 Å². The number of hydrogen-bond acceptors (Lipinski definition) is 3. The highest BCUT2D eigenvalue weighted by atomic mass is 16.6. The van der Waals surface area contributed by atoms with Crippen LogP contribution in [-0.4, -0.2) is 35.1 Å². The van der Waals surface area contributed by atoms with Crippen molar-refractivity contribution in [2.24, 2.45) is 0 Å². The molecule has 0 unspecified atom stereocenters. The van der Waals surface area contributed by atoms with Crippen LogP contribution in [0.25, 0.3) is 0 Å². The van der Waals surface area contributed by atoms with Crippen LogP contribution in [0.5, 0.6) is 0 Å². The summed E-state index contributed by atoms with van der Waals surface area (Å²) in [6.07, 6.45) is 1.08. The third kappa shape index (κ3) is 4.71. The number of rotatable bonds is 3. The zero-order chi connectivity index (χ0) is 17.0. The van der Waals surface area contributed by atoms with Crippen LogP contribution in [0.1, 0.15) is 52.1 Å². The first-order valence-electron chi connectivity index (χ1n) is 8.13. The van der Waals surface area contributed by atoms with E-state index in [-0.39, 0.29) is 11.9 Å². The molecule has 1 aromatic carbocycles. The lowest BCUT2D eigenvalue weighted by Crippen LogP contribution is -2.48. The highest BCUT2D eigenvalue weighted by molar-refractivity contribution is 5.86. The van der Waals surface area contributed by atoms with Crippen molar-refractivity contribution in [3.63, 3.8) is 0 Å². The highest BCUT2D eigenvalue weighted by Crippen LogP contribution is 2.22. The Morgan fingerprint density at radius 1 is 1.26 bits per heavy atom. The number of nitrogens with one attached hydrogen (secondary N) is 1. The summed E-state index contributed by atoms with van der Waals surface area (Å²) in [5.74, 6) is -0.121. The van der Waals surface area contributed by atoms with Crippen LogP contribution < -0.4 is 5.32 Å². The van der Waals surface area contributed by atoms with E-state index in [9.17, 15) is 9.59 Å². The van der Waals surface area contributed by atoms with E-state index < -0.39 is 17.7 Å². The maximum absolute atomic E-state index is 12.5. The predicted molar refractivity (Wildman–Crippen MR) is 89.0 cm³/mol. The lowest BCUT2D eigenvalue weighted by molar-refractivity contribution is -0.126. The number of hydrogen-bond donors (Lipinski definition) is 1. The molecule has 5 nitrogen and oxygen atoms in total. The number of carbonyl (C=O) groups excluding carboxylic acids is 2. The summed E-state index contributed by atoms with van der Waals surface area (Å²) < 4.78 is 5.40. The minimum Gasteiger partial charge on any atom is -0.444 e. The number of carbonyl (C=O) groups is 2. The second-order valence-electron chi connectivity index (χ2n) is 6.97. The molecule has 5 heteroatoms. The molecule has 1 aromatic rings. The van der Waals surface area contributed by atoms with Crippen LogP contribution in [0.4, 0.5) is 4.79 Å². The summed E-state index contributed by atoms with van der Waals surface area (Å²) in [6.45, 7) is 7.99. The van der Waals surface area contributed by atoms with E-state index in [1.54, 1.807) is 0 Å².